The van der Waals surface area contributed by atoms with Gasteiger partial charge in [-0.2, -0.15) is 4.31 Å². The maximum absolute atomic E-state index is 13.5. The third-order valence-corrected chi connectivity index (χ3v) is 8.51. The van der Waals surface area contributed by atoms with Crippen LogP contribution in [-0.2, 0) is 10.0 Å². The summed E-state index contributed by atoms with van der Waals surface area (Å²) in [4.78, 5) is 29.4. The second-order valence-corrected chi connectivity index (χ2v) is 9.91. The van der Waals surface area contributed by atoms with Crippen molar-refractivity contribution in [2.24, 2.45) is 0 Å². The highest BCUT2D eigenvalue weighted by molar-refractivity contribution is 7.89. The van der Waals surface area contributed by atoms with Crippen molar-refractivity contribution in [1.82, 2.24) is 14.2 Å². The monoisotopic (exact) mass is 431 g/mol. The predicted molar refractivity (Wildman–Crippen MR) is 117 cm³/mol. The van der Waals surface area contributed by atoms with Gasteiger partial charge in [-0.05, 0) is 81.5 Å². The number of aryl methyl sites for hydroxylation is 1. The molecule has 2 aromatic rings. The van der Waals surface area contributed by atoms with Crippen LogP contribution in [0.4, 0.5) is 0 Å². The number of pyridine rings is 1. The number of benzene rings is 1. The Labute approximate surface area is 177 Å². The second-order valence-electron chi connectivity index (χ2n) is 8.03. The molecule has 0 unspecified atom stereocenters. The first-order chi connectivity index (χ1) is 14.0. The molecule has 3 rings (SSSR count). The van der Waals surface area contributed by atoms with Gasteiger partial charge in [0.15, 0.2) is 0 Å². The van der Waals surface area contributed by atoms with Crippen LogP contribution in [0.3, 0.4) is 0 Å². The van der Waals surface area contributed by atoms with Crippen molar-refractivity contribution in [1.29, 1.82) is 0 Å². The Hall–Kier alpha value is -2.45. The molecule has 162 valence electrons. The minimum Gasteiger partial charge on any atom is -0.336 e. The Morgan fingerprint density at radius 2 is 1.33 bits per heavy atom. The van der Waals surface area contributed by atoms with E-state index in [1.54, 1.807) is 13.0 Å². The fourth-order valence-corrected chi connectivity index (χ4v) is 6.01. The molecule has 0 aliphatic carbocycles. The summed E-state index contributed by atoms with van der Waals surface area (Å²) >= 11 is 0. The van der Waals surface area contributed by atoms with Crippen LogP contribution < -0.4 is 5.56 Å². The van der Waals surface area contributed by atoms with Gasteiger partial charge in [0.1, 0.15) is 5.56 Å². The van der Waals surface area contributed by atoms with E-state index in [0.29, 0.717) is 10.6 Å². The van der Waals surface area contributed by atoms with E-state index in [0.717, 1.165) is 27.8 Å². The van der Waals surface area contributed by atoms with Crippen LogP contribution >= 0.6 is 0 Å². The first kappa shape index (κ1) is 22.2. The SMILES string of the molecule is Cc1ccc(C(=O)N2CCN(S(=O)(=O)c3c(C)c(C)c(C)c(C)c3C)CC2)c(=O)[nH]1. The molecule has 0 saturated carbocycles. The van der Waals surface area contributed by atoms with E-state index in [-0.39, 0.29) is 37.6 Å². The van der Waals surface area contributed by atoms with E-state index in [4.69, 9.17) is 0 Å². The number of carbonyl (C=O) groups is 1. The summed E-state index contributed by atoms with van der Waals surface area (Å²) in [5.74, 6) is -0.373. The molecule has 0 atom stereocenters. The van der Waals surface area contributed by atoms with Crippen LogP contribution in [0.2, 0.25) is 0 Å². The van der Waals surface area contributed by atoms with E-state index in [1.807, 2.05) is 34.6 Å². The van der Waals surface area contributed by atoms with E-state index in [9.17, 15) is 18.0 Å². The standard InChI is InChI=1S/C22H29N3O4S/c1-13-7-8-19(21(26)23-13)22(27)24-9-11-25(12-10-24)30(28,29)20-17(5)15(3)14(2)16(4)18(20)6/h7-8H,9-12H2,1-6H3,(H,23,26). The summed E-state index contributed by atoms with van der Waals surface area (Å²) in [6.45, 7) is 12.2. The molecule has 1 amide bonds. The maximum Gasteiger partial charge on any atom is 0.260 e. The van der Waals surface area contributed by atoms with Crippen molar-refractivity contribution in [3.8, 4) is 0 Å². The highest BCUT2D eigenvalue weighted by Crippen LogP contribution is 2.32. The van der Waals surface area contributed by atoms with Crippen molar-refractivity contribution in [3.05, 3.63) is 61.6 Å². The van der Waals surface area contributed by atoms with Crippen molar-refractivity contribution in [2.75, 3.05) is 26.2 Å². The quantitative estimate of drug-likeness (QED) is 0.808. The number of nitrogens with zero attached hydrogens (tertiary/aromatic N) is 2. The minimum atomic E-state index is -3.69. The van der Waals surface area contributed by atoms with Crippen LogP contribution in [0.25, 0.3) is 0 Å². The molecule has 1 saturated heterocycles. The van der Waals surface area contributed by atoms with Gasteiger partial charge in [0.2, 0.25) is 10.0 Å². The second kappa shape index (κ2) is 8.00. The average molecular weight is 432 g/mol. The smallest absolute Gasteiger partial charge is 0.260 e. The maximum atomic E-state index is 13.5. The number of carbonyl (C=O) groups excluding carboxylic acids is 1. The summed E-state index contributed by atoms with van der Waals surface area (Å²) in [5, 5.41) is 0. The fraction of sp³-hybridized carbons (Fsp3) is 0.455. The predicted octanol–water partition coefficient (Wildman–Crippen LogP) is 2.37. The number of aromatic amines is 1. The molecule has 1 N–H and O–H groups in total. The number of rotatable bonds is 3. The lowest BCUT2D eigenvalue weighted by atomic mass is 9.95. The third kappa shape index (κ3) is 3.70. The molecular weight excluding hydrogens is 402 g/mol. The molecule has 2 heterocycles. The molecule has 1 aliphatic rings. The zero-order chi connectivity index (χ0) is 22.4. The molecule has 7 nitrogen and oxygen atoms in total. The Morgan fingerprint density at radius 1 is 0.833 bits per heavy atom. The van der Waals surface area contributed by atoms with Gasteiger partial charge in [0.25, 0.3) is 11.5 Å². The number of piperazine rings is 1. The third-order valence-electron chi connectivity index (χ3n) is 6.34. The van der Waals surface area contributed by atoms with Gasteiger partial charge in [-0.15, -0.1) is 0 Å². The van der Waals surface area contributed by atoms with Crippen molar-refractivity contribution in [3.63, 3.8) is 0 Å². The first-order valence-corrected chi connectivity index (χ1v) is 11.5. The van der Waals surface area contributed by atoms with Gasteiger partial charge in [-0.3, -0.25) is 9.59 Å². The highest BCUT2D eigenvalue weighted by Gasteiger charge is 2.34. The van der Waals surface area contributed by atoms with Gasteiger partial charge in [0.05, 0.1) is 4.90 Å². The summed E-state index contributed by atoms with van der Waals surface area (Å²) in [7, 11) is -3.69. The van der Waals surface area contributed by atoms with Crippen LogP contribution in [0, 0.1) is 41.5 Å². The fourth-order valence-electron chi connectivity index (χ4n) is 4.02. The van der Waals surface area contributed by atoms with Crippen LogP contribution in [0.5, 0.6) is 0 Å². The van der Waals surface area contributed by atoms with Crippen LogP contribution in [0.15, 0.2) is 21.8 Å². The Morgan fingerprint density at radius 3 is 1.83 bits per heavy atom. The van der Waals surface area contributed by atoms with Crippen LogP contribution in [-0.4, -0.2) is 54.7 Å². The van der Waals surface area contributed by atoms with Crippen molar-refractivity contribution < 1.29 is 13.2 Å². The number of sulfonamides is 1. The van der Waals surface area contributed by atoms with E-state index < -0.39 is 15.6 Å². The highest BCUT2D eigenvalue weighted by atomic mass is 32.2. The van der Waals surface area contributed by atoms with Gasteiger partial charge in [0, 0.05) is 31.9 Å². The molecule has 1 aromatic heterocycles. The summed E-state index contributed by atoms with van der Waals surface area (Å²) < 4.78 is 28.3. The minimum absolute atomic E-state index is 0.0772. The average Bonchev–Trinajstić information content (AvgIpc) is 2.70. The molecule has 0 bridgehead atoms. The van der Waals surface area contributed by atoms with E-state index in [2.05, 4.69) is 4.98 Å². The van der Waals surface area contributed by atoms with Gasteiger partial charge >= 0.3 is 0 Å². The van der Waals surface area contributed by atoms with E-state index in [1.165, 1.54) is 15.3 Å². The van der Waals surface area contributed by atoms with Crippen molar-refractivity contribution in [2.45, 2.75) is 46.4 Å². The lowest BCUT2D eigenvalue weighted by Crippen LogP contribution is -2.51. The molecule has 0 spiro atoms. The van der Waals surface area contributed by atoms with Gasteiger partial charge in [-0.1, -0.05) is 0 Å². The lowest BCUT2D eigenvalue weighted by Gasteiger charge is -2.35. The number of nitrogens with one attached hydrogen (secondary N) is 1. The number of hydrogen-bond donors (Lipinski definition) is 1. The lowest BCUT2D eigenvalue weighted by molar-refractivity contribution is 0.0696. The molecule has 8 heteroatoms. The van der Waals surface area contributed by atoms with Crippen molar-refractivity contribution >= 4 is 15.9 Å². The summed E-state index contributed by atoms with van der Waals surface area (Å²) in [6, 6.07) is 3.20. The Balaban J connectivity index is 1.84. The number of aromatic nitrogens is 1. The molecule has 1 fully saturated rings. The normalized spacial score (nSPS) is 15.5. The zero-order valence-electron chi connectivity index (χ0n) is 18.4. The molecular formula is C22H29N3O4S. The molecule has 1 aliphatic heterocycles. The Kier molecular flexibility index (Phi) is 5.93. The number of hydrogen-bond acceptors (Lipinski definition) is 4. The summed E-state index contributed by atoms with van der Waals surface area (Å²) in [6.07, 6.45) is 0. The number of H-pyrrole nitrogens is 1. The molecule has 30 heavy (non-hydrogen) atoms. The summed E-state index contributed by atoms with van der Waals surface area (Å²) in [5.41, 5.74) is 4.98. The van der Waals surface area contributed by atoms with Gasteiger partial charge in [-0.25, -0.2) is 8.42 Å². The topological polar surface area (TPSA) is 90.6 Å². The molecule has 1 aromatic carbocycles. The Bertz CT molecular complexity index is 1140. The number of amides is 1. The largest absolute Gasteiger partial charge is 0.336 e. The van der Waals surface area contributed by atoms with Crippen LogP contribution in [0.1, 0.15) is 43.9 Å². The molecule has 0 radical (unpaired) electrons. The first-order valence-electron chi connectivity index (χ1n) is 10.0. The van der Waals surface area contributed by atoms with Gasteiger partial charge < -0.3 is 9.88 Å². The van der Waals surface area contributed by atoms with E-state index >= 15 is 0 Å². The zero-order valence-corrected chi connectivity index (χ0v) is 19.2.